The molecule has 3 rings (SSSR count). The van der Waals surface area contributed by atoms with E-state index in [1.165, 1.54) is 24.1 Å². The molecule has 118 valence electrons. The van der Waals surface area contributed by atoms with E-state index in [-0.39, 0.29) is 30.6 Å². The van der Waals surface area contributed by atoms with Crippen molar-refractivity contribution >= 4 is 17.5 Å². The summed E-state index contributed by atoms with van der Waals surface area (Å²) in [4.78, 5) is 29.5. The van der Waals surface area contributed by atoms with Crippen LogP contribution in [0.5, 0.6) is 0 Å². The molecule has 0 fully saturated rings. The summed E-state index contributed by atoms with van der Waals surface area (Å²) in [5, 5.41) is 2.51. The zero-order chi connectivity index (χ0) is 16.6. The van der Waals surface area contributed by atoms with Crippen molar-refractivity contribution in [3.8, 4) is 11.1 Å². The second-order valence-electron chi connectivity index (χ2n) is 5.48. The van der Waals surface area contributed by atoms with Gasteiger partial charge in [-0.3, -0.25) is 14.6 Å². The monoisotopic (exact) mass is 313 g/mol. The number of pyridine rings is 1. The minimum absolute atomic E-state index is 0.0319. The first-order chi connectivity index (χ1) is 11.0. The Morgan fingerprint density at radius 1 is 1.39 bits per heavy atom. The van der Waals surface area contributed by atoms with E-state index in [9.17, 15) is 14.0 Å². The third kappa shape index (κ3) is 2.79. The number of nitrogens with one attached hydrogen (secondary N) is 1. The standard InChI is InChI=1S/C17H16FN3O2/c1-10-5-12(18)3-4-13(10)11-6-15-14(20-8-11)7-17(23)21(15)9-16(22)19-2/h3-6,8H,7,9H2,1-2H3,(H,19,22). The highest BCUT2D eigenvalue weighted by Gasteiger charge is 2.30. The Labute approximate surface area is 133 Å². The van der Waals surface area contributed by atoms with Crippen molar-refractivity contribution in [2.45, 2.75) is 13.3 Å². The third-order valence-electron chi connectivity index (χ3n) is 3.94. The largest absolute Gasteiger partial charge is 0.358 e. The quantitative estimate of drug-likeness (QED) is 0.940. The number of benzene rings is 1. The van der Waals surface area contributed by atoms with Crippen molar-refractivity contribution < 1.29 is 14.0 Å². The Hall–Kier alpha value is -2.76. The number of carbonyl (C=O) groups is 2. The van der Waals surface area contributed by atoms with Gasteiger partial charge in [-0.25, -0.2) is 4.39 Å². The van der Waals surface area contributed by atoms with Gasteiger partial charge in [0.05, 0.1) is 17.8 Å². The van der Waals surface area contributed by atoms with Crippen LogP contribution in [0.1, 0.15) is 11.3 Å². The van der Waals surface area contributed by atoms with Gasteiger partial charge in [0.1, 0.15) is 12.4 Å². The maximum Gasteiger partial charge on any atom is 0.239 e. The summed E-state index contributed by atoms with van der Waals surface area (Å²) in [7, 11) is 1.53. The number of carbonyl (C=O) groups excluding carboxylic acids is 2. The van der Waals surface area contributed by atoms with E-state index in [2.05, 4.69) is 10.3 Å². The second kappa shape index (κ2) is 5.79. The molecule has 1 aromatic carbocycles. The van der Waals surface area contributed by atoms with Crippen LogP contribution in [0.4, 0.5) is 10.1 Å². The Morgan fingerprint density at radius 3 is 2.87 bits per heavy atom. The number of anilines is 1. The maximum atomic E-state index is 13.3. The first-order valence-corrected chi connectivity index (χ1v) is 7.26. The number of halogens is 1. The van der Waals surface area contributed by atoms with E-state index in [4.69, 9.17) is 0 Å². The molecule has 1 aliphatic rings. The van der Waals surface area contributed by atoms with Gasteiger partial charge in [0.2, 0.25) is 11.8 Å². The molecule has 0 radical (unpaired) electrons. The Balaban J connectivity index is 2.01. The van der Waals surface area contributed by atoms with Crippen LogP contribution >= 0.6 is 0 Å². The fraction of sp³-hybridized carbons (Fsp3) is 0.235. The first-order valence-electron chi connectivity index (χ1n) is 7.26. The van der Waals surface area contributed by atoms with Crippen molar-refractivity contribution in [3.63, 3.8) is 0 Å². The highest BCUT2D eigenvalue weighted by atomic mass is 19.1. The van der Waals surface area contributed by atoms with Crippen LogP contribution in [0.2, 0.25) is 0 Å². The minimum Gasteiger partial charge on any atom is -0.358 e. The van der Waals surface area contributed by atoms with E-state index >= 15 is 0 Å². The molecule has 0 atom stereocenters. The number of rotatable bonds is 3. The average Bonchev–Trinajstić information content (AvgIpc) is 2.82. The highest BCUT2D eigenvalue weighted by Crippen LogP contribution is 2.32. The number of aromatic nitrogens is 1. The number of amides is 2. The van der Waals surface area contributed by atoms with Crippen LogP contribution in [-0.4, -0.2) is 30.4 Å². The zero-order valence-corrected chi connectivity index (χ0v) is 12.9. The molecule has 0 saturated heterocycles. The molecule has 1 aromatic heterocycles. The van der Waals surface area contributed by atoms with Crippen molar-refractivity contribution in [1.82, 2.24) is 10.3 Å². The van der Waals surface area contributed by atoms with Crippen molar-refractivity contribution in [2.75, 3.05) is 18.5 Å². The molecule has 2 aromatic rings. The Kier molecular flexibility index (Phi) is 3.82. The van der Waals surface area contributed by atoms with Gasteiger partial charge >= 0.3 is 0 Å². The number of nitrogens with zero attached hydrogens (tertiary/aromatic N) is 2. The van der Waals surface area contributed by atoms with E-state index in [0.29, 0.717) is 11.4 Å². The van der Waals surface area contributed by atoms with E-state index in [1.54, 1.807) is 12.3 Å². The number of aryl methyl sites for hydroxylation is 1. The molecule has 0 bridgehead atoms. The SMILES string of the molecule is CNC(=O)CN1C(=O)Cc2ncc(-c3ccc(F)cc3C)cc21. The molecule has 0 saturated carbocycles. The third-order valence-corrected chi connectivity index (χ3v) is 3.94. The number of hydrogen-bond donors (Lipinski definition) is 1. The number of hydrogen-bond acceptors (Lipinski definition) is 3. The lowest BCUT2D eigenvalue weighted by Gasteiger charge is -2.17. The fourth-order valence-corrected chi connectivity index (χ4v) is 2.72. The van der Waals surface area contributed by atoms with Gasteiger partial charge in [-0.05, 0) is 36.2 Å². The molecule has 23 heavy (non-hydrogen) atoms. The normalized spacial score (nSPS) is 13.2. The smallest absolute Gasteiger partial charge is 0.239 e. The van der Waals surface area contributed by atoms with Crippen LogP contribution in [-0.2, 0) is 16.0 Å². The summed E-state index contributed by atoms with van der Waals surface area (Å²) < 4.78 is 13.3. The van der Waals surface area contributed by atoms with Gasteiger partial charge in [0.15, 0.2) is 0 Å². The fourth-order valence-electron chi connectivity index (χ4n) is 2.72. The Morgan fingerprint density at radius 2 is 2.17 bits per heavy atom. The molecule has 2 heterocycles. The summed E-state index contributed by atoms with van der Waals surface area (Å²) in [6.07, 6.45) is 1.87. The lowest BCUT2D eigenvalue weighted by Crippen LogP contribution is -2.37. The van der Waals surface area contributed by atoms with Gasteiger partial charge in [0.25, 0.3) is 0 Å². The van der Waals surface area contributed by atoms with Gasteiger partial charge in [-0.15, -0.1) is 0 Å². The molecule has 0 unspecified atom stereocenters. The maximum absolute atomic E-state index is 13.3. The molecule has 6 heteroatoms. The summed E-state index contributed by atoms with van der Waals surface area (Å²) in [6, 6.07) is 6.36. The van der Waals surface area contributed by atoms with Crippen LogP contribution in [0, 0.1) is 12.7 Å². The van der Waals surface area contributed by atoms with Gasteiger partial charge in [-0.1, -0.05) is 6.07 Å². The van der Waals surface area contributed by atoms with Gasteiger partial charge in [0, 0.05) is 18.8 Å². The summed E-state index contributed by atoms with van der Waals surface area (Å²) in [5.41, 5.74) is 3.72. The molecular weight excluding hydrogens is 297 g/mol. The zero-order valence-electron chi connectivity index (χ0n) is 12.9. The number of likely N-dealkylation sites (N-methyl/N-ethyl adjacent to an activating group) is 1. The van der Waals surface area contributed by atoms with Gasteiger partial charge in [-0.2, -0.15) is 0 Å². The summed E-state index contributed by atoms with van der Waals surface area (Å²) in [5.74, 6) is -0.685. The van der Waals surface area contributed by atoms with E-state index < -0.39 is 0 Å². The lowest BCUT2D eigenvalue weighted by molar-refractivity contribution is -0.122. The summed E-state index contributed by atoms with van der Waals surface area (Å²) >= 11 is 0. The molecule has 5 nitrogen and oxygen atoms in total. The van der Waals surface area contributed by atoms with Crippen LogP contribution < -0.4 is 10.2 Å². The molecule has 0 spiro atoms. The predicted molar refractivity (Wildman–Crippen MR) is 84.5 cm³/mol. The van der Waals surface area contributed by atoms with Crippen LogP contribution in [0.25, 0.3) is 11.1 Å². The second-order valence-corrected chi connectivity index (χ2v) is 5.48. The van der Waals surface area contributed by atoms with Crippen LogP contribution in [0.3, 0.4) is 0 Å². The average molecular weight is 313 g/mol. The van der Waals surface area contributed by atoms with Crippen molar-refractivity contribution in [2.24, 2.45) is 0 Å². The molecule has 1 aliphatic heterocycles. The summed E-state index contributed by atoms with van der Waals surface area (Å²) in [6.45, 7) is 1.79. The van der Waals surface area contributed by atoms with E-state index in [0.717, 1.165) is 16.7 Å². The molecule has 1 N–H and O–H groups in total. The van der Waals surface area contributed by atoms with Crippen molar-refractivity contribution in [3.05, 3.63) is 47.5 Å². The minimum atomic E-state index is -0.295. The van der Waals surface area contributed by atoms with Gasteiger partial charge < -0.3 is 10.2 Å². The van der Waals surface area contributed by atoms with Crippen molar-refractivity contribution in [1.29, 1.82) is 0 Å². The van der Waals surface area contributed by atoms with Crippen LogP contribution in [0.15, 0.2) is 30.5 Å². The lowest BCUT2D eigenvalue weighted by atomic mass is 10.0. The topological polar surface area (TPSA) is 62.3 Å². The molecule has 0 aliphatic carbocycles. The predicted octanol–water partition coefficient (Wildman–Crippen LogP) is 1.83. The van der Waals surface area contributed by atoms with E-state index in [1.807, 2.05) is 13.0 Å². The highest BCUT2D eigenvalue weighted by molar-refractivity contribution is 6.05. The Bertz CT molecular complexity index is 804. The molecular formula is C17H16FN3O2. The molecule has 2 amide bonds. The number of fused-ring (bicyclic) bond motifs is 1. The first kappa shape index (κ1) is 15.1.